The Morgan fingerprint density at radius 3 is 2.69 bits per heavy atom. The number of aromatic amines is 1. The summed E-state index contributed by atoms with van der Waals surface area (Å²) >= 11 is 3.39. The highest BCUT2D eigenvalue weighted by molar-refractivity contribution is 9.10. The maximum absolute atomic E-state index is 11.6. The van der Waals surface area contributed by atoms with E-state index < -0.39 is 0 Å². The Kier molecular flexibility index (Phi) is 2.92. The molecule has 2 rings (SSSR count). The van der Waals surface area contributed by atoms with Crippen molar-refractivity contribution in [1.29, 1.82) is 0 Å². The molecule has 0 spiro atoms. The summed E-state index contributed by atoms with van der Waals surface area (Å²) in [4.78, 5) is 18.8. The lowest BCUT2D eigenvalue weighted by atomic mass is 10.2. The normalized spacial score (nSPS) is 10.4. The Morgan fingerprint density at radius 1 is 1.31 bits per heavy atom. The molecule has 0 aliphatic carbocycles. The van der Waals surface area contributed by atoms with E-state index in [1.54, 1.807) is 6.92 Å². The monoisotopic (exact) mass is 278 g/mol. The summed E-state index contributed by atoms with van der Waals surface area (Å²) in [5.41, 5.74) is 2.24. The number of nitrogens with one attached hydrogen (secondary N) is 1. The van der Waals surface area contributed by atoms with Gasteiger partial charge in [-0.15, -0.1) is 0 Å². The maximum atomic E-state index is 11.6. The van der Waals surface area contributed by atoms with Crippen LogP contribution >= 0.6 is 15.9 Å². The highest BCUT2D eigenvalue weighted by atomic mass is 79.9. The molecule has 0 aliphatic rings. The number of hydrogen-bond donors (Lipinski definition) is 1. The zero-order chi connectivity index (χ0) is 11.7. The third kappa shape index (κ3) is 2.07. The van der Waals surface area contributed by atoms with Crippen LogP contribution in [0.3, 0.4) is 0 Å². The van der Waals surface area contributed by atoms with Crippen molar-refractivity contribution in [3.63, 3.8) is 0 Å². The highest BCUT2D eigenvalue weighted by Crippen LogP contribution is 2.19. The van der Waals surface area contributed by atoms with Gasteiger partial charge in [-0.25, -0.2) is 4.98 Å². The summed E-state index contributed by atoms with van der Waals surface area (Å²) < 4.78 is 0.964. The first-order chi connectivity index (χ1) is 7.58. The Morgan fingerprint density at radius 2 is 2.06 bits per heavy atom. The van der Waals surface area contributed by atoms with Crippen LogP contribution < -0.4 is 5.56 Å². The van der Waals surface area contributed by atoms with Crippen LogP contribution in [0, 0.1) is 13.8 Å². The fraction of sp³-hybridized carbons (Fsp3) is 0.167. The molecular formula is C12H11BrN2O. The van der Waals surface area contributed by atoms with Gasteiger partial charge in [-0.05, 0) is 26.0 Å². The van der Waals surface area contributed by atoms with E-state index in [9.17, 15) is 4.79 Å². The van der Waals surface area contributed by atoms with Gasteiger partial charge in [-0.2, -0.15) is 0 Å². The lowest BCUT2D eigenvalue weighted by Crippen LogP contribution is -2.14. The van der Waals surface area contributed by atoms with Crippen LogP contribution in [0.15, 0.2) is 33.5 Å². The summed E-state index contributed by atoms with van der Waals surface area (Å²) in [6, 6.07) is 7.68. The number of rotatable bonds is 1. The van der Waals surface area contributed by atoms with Gasteiger partial charge in [0.1, 0.15) is 5.82 Å². The van der Waals surface area contributed by atoms with E-state index in [1.807, 2.05) is 31.2 Å². The first kappa shape index (κ1) is 11.1. The van der Waals surface area contributed by atoms with E-state index in [1.165, 1.54) is 0 Å². The summed E-state index contributed by atoms with van der Waals surface area (Å²) in [5.74, 6) is 0.606. The van der Waals surface area contributed by atoms with Gasteiger partial charge in [0.05, 0.1) is 0 Å². The molecule has 0 saturated carbocycles. The Balaban J connectivity index is 2.61. The predicted octanol–water partition coefficient (Wildman–Crippen LogP) is 2.82. The van der Waals surface area contributed by atoms with Gasteiger partial charge in [-0.1, -0.05) is 28.1 Å². The molecule has 2 aromatic rings. The number of aryl methyl sites for hydroxylation is 1. The van der Waals surface area contributed by atoms with Gasteiger partial charge in [-0.3, -0.25) is 4.79 Å². The van der Waals surface area contributed by atoms with Gasteiger partial charge in [0.2, 0.25) is 0 Å². The number of nitrogens with zero attached hydrogens (tertiary/aromatic N) is 1. The summed E-state index contributed by atoms with van der Waals surface area (Å²) in [7, 11) is 0. The van der Waals surface area contributed by atoms with Crippen molar-refractivity contribution in [3.8, 4) is 11.4 Å². The maximum Gasteiger partial charge on any atom is 0.254 e. The molecule has 0 unspecified atom stereocenters. The fourth-order valence-electron chi connectivity index (χ4n) is 1.42. The molecule has 16 heavy (non-hydrogen) atoms. The van der Waals surface area contributed by atoms with Crippen molar-refractivity contribution in [2.45, 2.75) is 13.8 Å². The van der Waals surface area contributed by atoms with Crippen LogP contribution in [-0.2, 0) is 0 Å². The Labute approximate surface area is 102 Å². The number of hydrogen-bond acceptors (Lipinski definition) is 2. The average Bonchev–Trinajstić information content (AvgIpc) is 2.25. The molecule has 0 bridgehead atoms. The van der Waals surface area contributed by atoms with Gasteiger partial charge in [0, 0.05) is 21.3 Å². The second-order valence-electron chi connectivity index (χ2n) is 3.64. The van der Waals surface area contributed by atoms with Crippen LogP contribution in [0.1, 0.15) is 11.3 Å². The standard InChI is InChI=1S/C12H11BrN2O/c1-7-8(2)14-11(15-12(7)16)9-4-3-5-10(13)6-9/h3-6H,1-2H3,(H,14,15,16). The van der Waals surface area contributed by atoms with Crippen LogP contribution in [-0.4, -0.2) is 9.97 Å². The van der Waals surface area contributed by atoms with Gasteiger partial charge >= 0.3 is 0 Å². The third-order valence-corrected chi connectivity index (χ3v) is 2.99. The lowest BCUT2D eigenvalue weighted by molar-refractivity contribution is 1.03. The molecular weight excluding hydrogens is 268 g/mol. The van der Waals surface area contributed by atoms with E-state index >= 15 is 0 Å². The summed E-state index contributed by atoms with van der Waals surface area (Å²) in [6.07, 6.45) is 0. The Hall–Kier alpha value is -1.42. The van der Waals surface area contributed by atoms with E-state index in [0.717, 1.165) is 15.7 Å². The molecule has 3 nitrogen and oxygen atoms in total. The van der Waals surface area contributed by atoms with E-state index in [-0.39, 0.29) is 5.56 Å². The largest absolute Gasteiger partial charge is 0.306 e. The van der Waals surface area contributed by atoms with Gasteiger partial charge < -0.3 is 4.98 Å². The Bertz CT molecular complexity index is 590. The highest BCUT2D eigenvalue weighted by Gasteiger charge is 2.05. The molecule has 1 N–H and O–H groups in total. The zero-order valence-corrected chi connectivity index (χ0v) is 10.6. The lowest BCUT2D eigenvalue weighted by Gasteiger charge is -2.04. The second kappa shape index (κ2) is 4.22. The molecule has 1 aromatic heterocycles. The molecule has 0 saturated heterocycles. The number of H-pyrrole nitrogens is 1. The molecule has 0 amide bonds. The minimum atomic E-state index is -0.0810. The van der Waals surface area contributed by atoms with Crippen LogP contribution in [0.2, 0.25) is 0 Å². The van der Waals surface area contributed by atoms with Crippen LogP contribution in [0.4, 0.5) is 0 Å². The zero-order valence-electron chi connectivity index (χ0n) is 9.04. The van der Waals surface area contributed by atoms with Crippen LogP contribution in [0.25, 0.3) is 11.4 Å². The predicted molar refractivity (Wildman–Crippen MR) is 67.5 cm³/mol. The smallest absolute Gasteiger partial charge is 0.254 e. The molecule has 0 atom stereocenters. The number of benzene rings is 1. The summed E-state index contributed by atoms with van der Waals surface area (Å²) in [5, 5.41) is 0. The fourth-order valence-corrected chi connectivity index (χ4v) is 1.82. The summed E-state index contributed by atoms with van der Waals surface area (Å²) in [6.45, 7) is 3.61. The first-order valence-electron chi connectivity index (χ1n) is 4.91. The number of aromatic nitrogens is 2. The van der Waals surface area contributed by atoms with Crippen molar-refractivity contribution < 1.29 is 0 Å². The van der Waals surface area contributed by atoms with Gasteiger partial charge in [0.15, 0.2) is 0 Å². The van der Waals surface area contributed by atoms with Crippen molar-refractivity contribution in [2.24, 2.45) is 0 Å². The molecule has 1 heterocycles. The van der Waals surface area contributed by atoms with Crippen molar-refractivity contribution in [2.75, 3.05) is 0 Å². The molecule has 0 aliphatic heterocycles. The van der Waals surface area contributed by atoms with Crippen LogP contribution in [0.5, 0.6) is 0 Å². The minimum absolute atomic E-state index is 0.0810. The van der Waals surface area contributed by atoms with E-state index in [2.05, 4.69) is 25.9 Å². The molecule has 82 valence electrons. The van der Waals surface area contributed by atoms with E-state index in [0.29, 0.717) is 11.4 Å². The first-order valence-corrected chi connectivity index (χ1v) is 5.70. The molecule has 0 radical (unpaired) electrons. The van der Waals surface area contributed by atoms with E-state index in [4.69, 9.17) is 0 Å². The van der Waals surface area contributed by atoms with Crippen molar-refractivity contribution in [3.05, 3.63) is 50.3 Å². The SMILES string of the molecule is Cc1nc(-c2cccc(Br)c2)[nH]c(=O)c1C. The molecule has 4 heteroatoms. The number of halogens is 1. The minimum Gasteiger partial charge on any atom is -0.306 e. The quantitative estimate of drug-likeness (QED) is 0.872. The van der Waals surface area contributed by atoms with Crippen molar-refractivity contribution >= 4 is 15.9 Å². The topological polar surface area (TPSA) is 45.8 Å². The third-order valence-electron chi connectivity index (χ3n) is 2.49. The van der Waals surface area contributed by atoms with Crippen molar-refractivity contribution in [1.82, 2.24) is 9.97 Å². The second-order valence-corrected chi connectivity index (χ2v) is 4.55. The molecule has 1 aromatic carbocycles. The molecule has 0 fully saturated rings. The van der Waals surface area contributed by atoms with Gasteiger partial charge in [0.25, 0.3) is 5.56 Å². The average molecular weight is 279 g/mol.